The zero-order valence-electron chi connectivity index (χ0n) is 12.9. The molecule has 2 aromatic rings. The number of hydrogen-bond acceptors (Lipinski definition) is 6. The number of thiazole rings is 1. The minimum atomic E-state index is -3.24. The van der Waals surface area contributed by atoms with Gasteiger partial charge in [0, 0.05) is 31.2 Å². The number of carbonyl (C=O) groups excluding carboxylic acids is 1. The molecule has 0 aliphatic carbocycles. The monoisotopic (exact) mass is 358 g/mol. The molecule has 0 aromatic carbocycles. The maximum atomic E-state index is 12.4. The molecule has 0 bridgehead atoms. The average molecular weight is 358 g/mol. The number of aryl methyl sites for hydroxylation is 1. The summed E-state index contributed by atoms with van der Waals surface area (Å²) in [6, 6.07) is 0. The van der Waals surface area contributed by atoms with E-state index in [1.165, 1.54) is 21.9 Å². The predicted octanol–water partition coefficient (Wildman–Crippen LogP) is 0.0944. The molecule has 10 heteroatoms. The lowest BCUT2D eigenvalue weighted by Crippen LogP contribution is -2.49. The fourth-order valence-corrected chi connectivity index (χ4v) is 4.18. The molecular weight excluding hydrogens is 340 g/mol. The Balaban J connectivity index is 1.65. The second-order valence-electron chi connectivity index (χ2n) is 5.43. The zero-order chi connectivity index (χ0) is 16.6. The van der Waals surface area contributed by atoms with Crippen LogP contribution in [-0.2, 0) is 14.8 Å². The fraction of sp³-hybridized carbons (Fsp3) is 0.538. The van der Waals surface area contributed by atoms with E-state index in [-0.39, 0.29) is 25.1 Å². The van der Waals surface area contributed by atoms with Gasteiger partial charge in [0.2, 0.25) is 10.0 Å². The summed E-state index contributed by atoms with van der Waals surface area (Å²) < 4.78 is 31.8. The van der Waals surface area contributed by atoms with Crippen LogP contribution >= 0.6 is 11.3 Å². The molecule has 1 aliphatic heterocycles. The maximum Gasteiger partial charge on any atom is 0.270 e. The largest absolute Gasteiger partial charge is 0.374 e. The van der Waals surface area contributed by atoms with Gasteiger partial charge in [0.05, 0.1) is 24.7 Å². The zero-order valence-corrected chi connectivity index (χ0v) is 14.5. The van der Waals surface area contributed by atoms with Crippen LogP contribution in [-0.4, -0.2) is 66.6 Å². The van der Waals surface area contributed by atoms with E-state index in [1.54, 1.807) is 17.5 Å². The molecule has 0 spiro atoms. The van der Waals surface area contributed by atoms with E-state index in [4.69, 9.17) is 4.74 Å². The standard InChI is InChI=1S/C13H18N4O4S2/c1-9-11(17-4-6-22-13(17)15-9)12(18)14-7-10-8-16(3-5-21-10)23(2,19)20/h4,6,10H,3,5,7-8H2,1-2H3,(H,14,18). The number of imidazole rings is 1. The Morgan fingerprint density at radius 3 is 3.09 bits per heavy atom. The Labute approximate surface area is 138 Å². The molecule has 126 valence electrons. The Morgan fingerprint density at radius 2 is 2.35 bits per heavy atom. The quantitative estimate of drug-likeness (QED) is 0.836. The summed E-state index contributed by atoms with van der Waals surface area (Å²) >= 11 is 1.46. The number of morpholine rings is 1. The molecule has 23 heavy (non-hydrogen) atoms. The van der Waals surface area contributed by atoms with E-state index in [0.717, 1.165) is 4.96 Å². The van der Waals surface area contributed by atoms with Crippen molar-refractivity contribution in [3.63, 3.8) is 0 Å². The van der Waals surface area contributed by atoms with Crippen molar-refractivity contribution in [2.75, 3.05) is 32.5 Å². The number of carbonyl (C=O) groups is 1. The van der Waals surface area contributed by atoms with Crippen LogP contribution in [0, 0.1) is 6.92 Å². The highest BCUT2D eigenvalue weighted by Gasteiger charge is 2.27. The van der Waals surface area contributed by atoms with Crippen LogP contribution in [0.2, 0.25) is 0 Å². The summed E-state index contributed by atoms with van der Waals surface area (Å²) in [6.07, 6.45) is 2.63. The van der Waals surface area contributed by atoms with Crippen molar-refractivity contribution in [1.29, 1.82) is 0 Å². The lowest BCUT2D eigenvalue weighted by atomic mass is 10.3. The molecule has 0 saturated carbocycles. The summed E-state index contributed by atoms with van der Waals surface area (Å²) in [4.78, 5) is 17.5. The third kappa shape index (κ3) is 3.39. The molecule has 1 amide bonds. The second-order valence-corrected chi connectivity index (χ2v) is 8.28. The van der Waals surface area contributed by atoms with Crippen molar-refractivity contribution in [2.45, 2.75) is 13.0 Å². The SMILES string of the molecule is Cc1nc2sccn2c1C(=O)NCC1CN(S(C)(=O)=O)CCO1. The molecule has 1 fully saturated rings. The average Bonchev–Trinajstić information content (AvgIpc) is 3.04. The predicted molar refractivity (Wildman–Crippen MR) is 86.3 cm³/mol. The number of rotatable bonds is 4. The van der Waals surface area contributed by atoms with Gasteiger partial charge in [-0.15, -0.1) is 11.3 Å². The minimum Gasteiger partial charge on any atom is -0.374 e. The highest BCUT2D eigenvalue weighted by molar-refractivity contribution is 7.88. The molecule has 2 aromatic heterocycles. The van der Waals surface area contributed by atoms with Gasteiger partial charge in [-0.05, 0) is 6.92 Å². The number of fused-ring (bicyclic) bond motifs is 1. The van der Waals surface area contributed by atoms with Crippen molar-refractivity contribution in [3.05, 3.63) is 23.0 Å². The first-order valence-electron chi connectivity index (χ1n) is 7.13. The third-order valence-electron chi connectivity index (χ3n) is 3.71. The number of sulfonamides is 1. The number of nitrogens with one attached hydrogen (secondary N) is 1. The first-order valence-corrected chi connectivity index (χ1v) is 9.86. The van der Waals surface area contributed by atoms with Gasteiger partial charge in [0.15, 0.2) is 4.96 Å². The molecule has 0 radical (unpaired) electrons. The van der Waals surface area contributed by atoms with Crippen molar-refractivity contribution >= 4 is 32.2 Å². The number of ether oxygens (including phenoxy) is 1. The van der Waals surface area contributed by atoms with Gasteiger partial charge in [0.25, 0.3) is 5.91 Å². The maximum absolute atomic E-state index is 12.4. The van der Waals surface area contributed by atoms with E-state index in [9.17, 15) is 13.2 Å². The van der Waals surface area contributed by atoms with Crippen LogP contribution in [0.3, 0.4) is 0 Å². The van der Waals surface area contributed by atoms with Crippen LogP contribution in [0.1, 0.15) is 16.2 Å². The van der Waals surface area contributed by atoms with Gasteiger partial charge in [-0.25, -0.2) is 13.4 Å². The molecule has 1 atom stereocenters. The lowest BCUT2D eigenvalue weighted by Gasteiger charge is -2.31. The Morgan fingerprint density at radius 1 is 1.57 bits per heavy atom. The van der Waals surface area contributed by atoms with E-state index in [2.05, 4.69) is 10.3 Å². The lowest BCUT2D eigenvalue weighted by molar-refractivity contribution is 0.000403. The minimum absolute atomic E-state index is 0.242. The summed E-state index contributed by atoms with van der Waals surface area (Å²) in [5.41, 5.74) is 1.16. The Kier molecular flexibility index (Phi) is 4.41. The van der Waals surface area contributed by atoms with Gasteiger partial charge in [-0.3, -0.25) is 9.20 Å². The number of hydrogen-bond donors (Lipinski definition) is 1. The summed E-state index contributed by atoms with van der Waals surface area (Å²) in [5.74, 6) is -0.242. The Bertz CT molecular complexity index is 826. The number of amides is 1. The van der Waals surface area contributed by atoms with Gasteiger partial charge in [-0.2, -0.15) is 4.31 Å². The molecular formula is C13H18N4O4S2. The smallest absolute Gasteiger partial charge is 0.270 e. The fourth-order valence-electron chi connectivity index (χ4n) is 2.57. The van der Waals surface area contributed by atoms with E-state index >= 15 is 0 Å². The van der Waals surface area contributed by atoms with Gasteiger partial charge >= 0.3 is 0 Å². The molecule has 1 saturated heterocycles. The highest BCUT2D eigenvalue weighted by Crippen LogP contribution is 2.16. The van der Waals surface area contributed by atoms with E-state index < -0.39 is 10.0 Å². The molecule has 3 rings (SSSR count). The van der Waals surface area contributed by atoms with Gasteiger partial charge < -0.3 is 10.1 Å². The van der Waals surface area contributed by atoms with E-state index in [1.807, 2.05) is 5.38 Å². The molecule has 1 aliphatic rings. The van der Waals surface area contributed by atoms with Gasteiger partial charge in [0.1, 0.15) is 5.69 Å². The summed E-state index contributed by atoms with van der Waals surface area (Å²) in [7, 11) is -3.24. The summed E-state index contributed by atoms with van der Waals surface area (Å²) in [6.45, 7) is 2.96. The highest BCUT2D eigenvalue weighted by atomic mass is 32.2. The van der Waals surface area contributed by atoms with Crippen molar-refractivity contribution < 1.29 is 17.9 Å². The molecule has 3 heterocycles. The second kappa shape index (κ2) is 6.19. The number of nitrogens with zero attached hydrogens (tertiary/aromatic N) is 3. The summed E-state index contributed by atoms with van der Waals surface area (Å²) in [5, 5.41) is 4.68. The van der Waals surface area contributed by atoms with Gasteiger partial charge in [-0.1, -0.05) is 0 Å². The van der Waals surface area contributed by atoms with Crippen LogP contribution in [0.5, 0.6) is 0 Å². The van der Waals surface area contributed by atoms with E-state index in [0.29, 0.717) is 24.5 Å². The van der Waals surface area contributed by atoms with Crippen LogP contribution in [0.4, 0.5) is 0 Å². The first kappa shape index (κ1) is 16.4. The Hall–Kier alpha value is -1.49. The van der Waals surface area contributed by atoms with Crippen molar-refractivity contribution in [1.82, 2.24) is 19.0 Å². The normalized spacial score (nSPS) is 20.0. The molecule has 8 nitrogen and oxygen atoms in total. The van der Waals surface area contributed by atoms with Crippen LogP contribution in [0.15, 0.2) is 11.6 Å². The first-order chi connectivity index (χ1) is 10.9. The molecule has 1 unspecified atom stereocenters. The van der Waals surface area contributed by atoms with Crippen molar-refractivity contribution in [3.8, 4) is 0 Å². The van der Waals surface area contributed by atoms with Crippen LogP contribution in [0.25, 0.3) is 4.96 Å². The number of aromatic nitrogens is 2. The van der Waals surface area contributed by atoms with Crippen molar-refractivity contribution in [2.24, 2.45) is 0 Å². The topological polar surface area (TPSA) is 93.0 Å². The third-order valence-corrected chi connectivity index (χ3v) is 5.74. The van der Waals surface area contributed by atoms with Crippen LogP contribution < -0.4 is 5.32 Å². The molecule has 1 N–H and O–H groups in total.